The van der Waals surface area contributed by atoms with Crippen LogP contribution in [0.25, 0.3) is 10.2 Å². The average Bonchev–Trinajstić information content (AvgIpc) is 3.20. The number of rotatable bonds is 2. The molecule has 1 fully saturated rings. The number of amides is 1. The fraction of sp³-hybridized carbons (Fsp3) is 0.353. The van der Waals surface area contributed by atoms with Crippen molar-refractivity contribution in [3.8, 4) is 0 Å². The minimum atomic E-state index is -0.0641. The van der Waals surface area contributed by atoms with E-state index >= 15 is 0 Å². The molecule has 0 saturated carbocycles. The Morgan fingerprint density at radius 2 is 2.22 bits per heavy atom. The van der Waals surface area contributed by atoms with Crippen LogP contribution in [0.1, 0.15) is 46.6 Å². The summed E-state index contributed by atoms with van der Waals surface area (Å²) in [6.45, 7) is 2.54. The highest BCUT2D eigenvalue weighted by Crippen LogP contribution is 2.36. The molecule has 23 heavy (non-hydrogen) atoms. The molecule has 1 amide bonds. The van der Waals surface area contributed by atoms with Gasteiger partial charge in [-0.2, -0.15) is 0 Å². The monoisotopic (exact) mass is 327 g/mol. The normalized spacial score (nSPS) is 18.5. The molecule has 3 aromatic rings. The van der Waals surface area contributed by atoms with Gasteiger partial charge < -0.3 is 9.42 Å². The molecule has 1 saturated heterocycles. The number of aryl methyl sites for hydroxylation is 1. The zero-order chi connectivity index (χ0) is 15.8. The van der Waals surface area contributed by atoms with Gasteiger partial charge in [0.15, 0.2) is 5.69 Å². The average molecular weight is 327 g/mol. The van der Waals surface area contributed by atoms with Gasteiger partial charge in [-0.3, -0.25) is 4.79 Å². The minimum Gasteiger partial charge on any atom is -0.361 e. The van der Waals surface area contributed by atoms with Crippen LogP contribution in [-0.4, -0.2) is 27.5 Å². The second-order valence-corrected chi connectivity index (χ2v) is 6.91. The summed E-state index contributed by atoms with van der Waals surface area (Å²) in [4.78, 5) is 19.4. The van der Waals surface area contributed by atoms with Crippen LogP contribution in [0.3, 0.4) is 0 Å². The molecule has 1 aliphatic rings. The van der Waals surface area contributed by atoms with Crippen LogP contribution >= 0.6 is 11.3 Å². The van der Waals surface area contributed by atoms with Crippen molar-refractivity contribution in [3.05, 3.63) is 46.8 Å². The third-order valence-electron chi connectivity index (χ3n) is 4.21. The van der Waals surface area contributed by atoms with Gasteiger partial charge >= 0.3 is 0 Å². The van der Waals surface area contributed by atoms with E-state index in [9.17, 15) is 4.79 Å². The van der Waals surface area contributed by atoms with Crippen LogP contribution in [-0.2, 0) is 0 Å². The number of likely N-dealkylation sites (tertiary alicyclic amines) is 1. The van der Waals surface area contributed by atoms with Gasteiger partial charge in [0.25, 0.3) is 5.91 Å². The molecule has 6 heteroatoms. The highest BCUT2D eigenvalue weighted by molar-refractivity contribution is 7.18. The van der Waals surface area contributed by atoms with E-state index < -0.39 is 0 Å². The van der Waals surface area contributed by atoms with Gasteiger partial charge in [0.2, 0.25) is 0 Å². The maximum absolute atomic E-state index is 12.8. The summed E-state index contributed by atoms with van der Waals surface area (Å²) < 4.78 is 6.22. The summed E-state index contributed by atoms with van der Waals surface area (Å²) >= 11 is 1.68. The molecule has 0 radical (unpaired) electrons. The van der Waals surface area contributed by atoms with Gasteiger partial charge in [0.1, 0.15) is 10.8 Å². The van der Waals surface area contributed by atoms with Gasteiger partial charge in [-0.25, -0.2) is 4.98 Å². The van der Waals surface area contributed by atoms with E-state index in [4.69, 9.17) is 9.51 Å². The Morgan fingerprint density at radius 1 is 1.35 bits per heavy atom. The molecular formula is C17H17N3O2S. The first-order valence-corrected chi connectivity index (χ1v) is 8.64. The highest BCUT2D eigenvalue weighted by Gasteiger charge is 2.32. The highest BCUT2D eigenvalue weighted by atomic mass is 32.1. The number of piperidine rings is 1. The minimum absolute atomic E-state index is 0.0330. The summed E-state index contributed by atoms with van der Waals surface area (Å²) in [6.07, 6.45) is 3.08. The zero-order valence-corrected chi connectivity index (χ0v) is 13.7. The number of thiazole rings is 1. The van der Waals surface area contributed by atoms with Crippen LogP contribution in [0.2, 0.25) is 0 Å². The van der Waals surface area contributed by atoms with Gasteiger partial charge in [0.05, 0.1) is 16.3 Å². The van der Waals surface area contributed by atoms with Crippen LogP contribution in [0, 0.1) is 6.92 Å². The maximum Gasteiger partial charge on any atom is 0.276 e. The van der Waals surface area contributed by atoms with Crippen molar-refractivity contribution >= 4 is 27.5 Å². The fourth-order valence-corrected chi connectivity index (χ4v) is 4.19. The molecule has 0 N–H and O–H groups in total. The number of nitrogens with zero attached hydrogens (tertiary/aromatic N) is 3. The van der Waals surface area contributed by atoms with Gasteiger partial charge in [0, 0.05) is 12.6 Å². The van der Waals surface area contributed by atoms with Gasteiger partial charge in [-0.05, 0) is 38.3 Å². The predicted molar refractivity (Wildman–Crippen MR) is 88.5 cm³/mol. The molecule has 2 aromatic heterocycles. The van der Waals surface area contributed by atoms with E-state index in [0.717, 1.165) is 41.0 Å². The molecule has 1 unspecified atom stereocenters. The number of fused-ring (bicyclic) bond motifs is 1. The molecule has 4 rings (SSSR count). The number of carbonyl (C=O) groups excluding carboxylic acids is 1. The molecule has 0 aliphatic carbocycles. The Balaban J connectivity index is 1.68. The first-order valence-electron chi connectivity index (χ1n) is 7.82. The van der Waals surface area contributed by atoms with Crippen molar-refractivity contribution in [2.24, 2.45) is 0 Å². The first kappa shape index (κ1) is 14.4. The quantitative estimate of drug-likeness (QED) is 0.715. The van der Waals surface area contributed by atoms with Gasteiger partial charge in [-0.15, -0.1) is 11.3 Å². The van der Waals surface area contributed by atoms with E-state index in [0.29, 0.717) is 11.5 Å². The Kier molecular flexibility index (Phi) is 3.61. The molecule has 5 nitrogen and oxygen atoms in total. The molecule has 1 atom stereocenters. The number of benzene rings is 1. The summed E-state index contributed by atoms with van der Waals surface area (Å²) in [7, 11) is 0. The smallest absolute Gasteiger partial charge is 0.276 e. The number of carbonyl (C=O) groups is 1. The molecule has 0 spiro atoms. The molecule has 3 heterocycles. The third-order valence-corrected chi connectivity index (χ3v) is 5.34. The molecule has 1 aliphatic heterocycles. The standard InChI is InChI=1S/C17H17N3O2S/c1-11-10-13(19-22-11)17(21)20-9-5-4-7-14(20)16-18-12-6-2-3-8-15(12)23-16/h2-3,6,8,10,14H,4-5,7,9H2,1H3. The fourth-order valence-electron chi connectivity index (χ4n) is 3.08. The van der Waals surface area contributed by atoms with Crippen LogP contribution in [0.5, 0.6) is 0 Å². The first-order chi connectivity index (χ1) is 11.2. The van der Waals surface area contributed by atoms with Crippen molar-refractivity contribution in [1.29, 1.82) is 0 Å². The van der Waals surface area contributed by atoms with E-state index in [1.165, 1.54) is 0 Å². The molecule has 118 valence electrons. The maximum atomic E-state index is 12.8. The van der Waals surface area contributed by atoms with Crippen molar-refractivity contribution < 1.29 is 9.32 Å². The van der Waals surface area contributed by atoms with Crippen molar-refractivity contribution in [2.45, 2.75) is 32.2 Å². The van der Waals surface area contributed by atoms with Crippen LogP contribution in [0.4, 0.5) is 0 Å². The topological polar surface area (TPSA) is 59.2 Å². The van der Waals surface area contributed by atoms with E-state index in [1.54, 1.807) is 24.3 Å². The van der Waals surface area contributed by atoms with Crippen LogP contribution in [0.15, 0.2) is 34.9 Å². The summed E-state index contributed by atoms with van der Waals surface area (Å²) in [6, 6.07) is 9.84. The summed E-state index contributed by atoms with van der Waals surface area (Å²) in [5.41, 5.74) is 1.39. The Hall–Kier alpha value is -2.21. The summed E-state index contributed by atoms with van der Waals surface area (Å²) in [5.74, 6) is 0.590. The number of hydrogen-bond donors (Lipinski definition) is 0. The molecule has 1 aromatic carbocycles. The number of aromatic nitrogens is 2. The Labute approximate surface area is 137 Å². The van der Waals surface area contributed by atoms with Crippen LogP contribution < -0.4 is 0 Å². The zero-order valence-electron chi connectivity index (χ0n) is 12.9. The predicted octanol–water partition coefficient (Wildman–Crippen LogP) is 3.96. The summed E-state index contributed by atoms with van der Waals surface area (Å²) in [5, 5.41) is 4.89. The lowest BCUT2D eigenvalue weighted by atomic mass is 10.0. The van der Waals surface area contributed by atoms with Crippen molar-refractivity contribution in [3.63, 3.8) is 0 Å². The second-order valence-electron chi connectivity index (χ2n) is 5.85. The SMILES string of the molecule is Cc1cc(C(=O)N2CCCCC2c2nc3ccccc3s2)no1. The number of para-hydroxylation sites is 1. The van der Waals surface area contributed by atoms with Crippen molar-refractivity contribution in [2.75, 3.05) is 6.54 Å². The van der Waals surface area contributed by atoms with E-state index in [2.05, 4.69) is 11.2 Å². The van der Waals surface area contributed by atoms with Crippen molar-refractivity contribution in [1.82, 2.24) is 15.0 Å². The molecule has 0 bridgehead atoms. The van der Waals surface area contributed by atoms with E-state index in [1.807, 2.05) is 23.1 Å². The lowest BCUT2D eigenvalue weighted by Crippen LogP contribution is -2.38. The Bertz CT molecular complexity index is 821. The lowest BCUT2D eigenvalue weighted by Gasteiger charge is -2.33. The van der Waals surface area contributed by atoms with Gasteiger partial charge in [-0.1, -0.05) is 17.3 Å². The largest absolute Gasteiger partial charge is 0.361 e. The lowest BCUT2D eigenvalue weighted by molar-refractivity contribution is 0.0601. The molecular weight excluding hydrogens is 310 g/mol. The third kappa shape index (κ3) is 2.63. The Morgan fingerprint density at radius 3 is 3.00 bits per heavy atom. The number of hydrogen-bond acceptors (Lipinski definition) is 5. The second kappa shape index (κ2) is 5.77. The van der Waals surface area contributed by atoms with E-state index in [-0.39, 0.29) is 11.9 Å².